The van der Waals surface area contributed by atoms with E-state index in [4.69, 9.17) is 32.4 Å². The molecule has 0 radical (unpaired) electrons. The van der Waals surface area contributed by atoms with Crippen molar-refractivity contribution in [3.05, 3.63) is 82.5 Å². The largest absolute Gasteiger partial charge is 0.463 e. The van der Waals surface area contributed by atoms with Crippen LogP contribution < -0.4 is 5.32 Å². The Morgan fingerprint density at radius 3 is 2.61 bits per heavy atom. The number of hydrogen-bond donors (Lipinski definition) is 1. The number of pyridine rings is 1. The molecule has 0 saturated heterocycles. The quantitative estimate of drug-likeness (QED) is 0.374. The molecule has 2 heterocycles. The molecule has 0 unspecified atom stereocenters. The fourth-order valence-electron chi connectivity index (χ4n) is 3.00. The van der Waals surface area contributed by atoms with Gasteiger partial charge in [-0.1, -0.05) is 41.4 Å². The summed E-state index contributed by atoms with van der Waals surface area (Å²) in [5, 5.41) is 3.96. The van der Waals surface area contributed by atoms with Crippen LogP contribution in [0.15, 0.2) is 71.3 Å². The standard InChI is InChI=1S/C23H16Cl2N2O4/c1-13(22(28)27-19-9-8-14(24)11-17(19)25)31-23(29)16-12-20(21-7-4-10-30-21)26-18-6-3-2-5-15(16)18/h2-13H,1H3,(H,27,28)/t13-/m1/s1. The van der Waals surface area contributed by atoms with Crippen LogP contribution in [0.4, 0.5) is 5.69 Å². The number of hydrogen-bond acceptors (Lipinski definition) is 5. The number of nitrogens with one attached hydrogen (secondary N) is 1. The van der Waals surface area contributed by atoms with Crippen molar-refractivity contribution in [2.75, 3.05) is 5.32 Å². The van der Waals surface area contributed by atoms with E-state index in [2.05, 4.69) is 10.3 Å². The highest BCUT2D eigenvalue weighted by molar-refractivity contribution is 6.36. The van der Waals surface area contributed by atoms with Crippen LogP contribution in [-0.4, -0.2) is 23.0 Å². The minimum atomic E-state index is -1.07. The van der Waals surface area contributed by atoms with Gasteiger partial charge in [0.1, 0.15) is 5.69 Å². The molecule has 0 saturated carbocycles. The van der Waals surface area contributed by atoms with Gasteiger partial charge in [-0.3, -0.25) is 4.79 Å². The first-order valence-electron chi connectivity index (χ1n) is 9.33. The normalized spacial score (nSPS) is 11.8. The van der Waals surface area contributed by atoms with Gasteiger partial charge in [0, 0.05) is 10.4 Å². The maximum atomic E-state index is 13.0. The van der Waals surface area contributed by atoms with Gasteiger partial charge in [0.25, 0.3) is 5.91 Å². The lowest BCUT2D eigenvalue weighted by atomic mass is 10.1. The summed E-state index contributed by atoms with van der Waals surface area (Å²) in [6, 6.07) is 16.9. The molecule has 0 aliphatic carbocycles. The van der Waals surface area contributed by atoms with Gasteiger partial charge >= 0.3 is 5.97 Å². The van der Waals surface area contributed by atoms with E-state index in [-0.39, 0.29) is 10.6 Å². The summed E-state index contributed by atoms with van der Waals surface area (Å²) >= 11 is 12.0. The van der Waals surface area contributed by atoms with Crippen molar-refractivity contribution in [1.82, 2.24) is 4.98 Å². The van der Waals surface area contributed by atoms with Gasteiger partial charge in [-0.2, -0.15) is 0 Å². The van der Waals surface area contributed by atoms with E-state index < -0.39 is 18.0 Å². The molecule has 1 atom stereocenters. The predicted octanol–water partition coefficient (Wildman–Crippen LogP) is 5.99. The van der Waals surface area contributed by atoms with Gasteiger partial charge in [0.2, 0.25) is 0 Å². The third-order valence-electron chi connectivity index (χ3n) is 4.55. The number of furan rings is 1. The topological polar surface area (TPSA) is 81.4 Å². The third-order valence-corrected chi connectivity index (χ3v) is 5.10. The summed E-state index contributed by atoms with van der Waals surface area (Å²) in [6.07, 6.45) is 0.455. The van der Waals surface area contributed by atoms with Crippen LogP contribution in [0.1, 0.15) is 17.3 Å². The van der Waals surface area contributed by atoms with Crippen molar-refractivity contribution < 1.29 is 18.7 Å². The van der Waals surface area contributed by atoms with Crippen LogP contribution in [0.3, 0.4) is 0 Å². The molecule has 8 heteroatoms. The highest BCUT2D eigenvalue weighted by Gasteiger charge is 2.22. The first-order chi connectivity index (χ1) is 14.9. The van der Waals surface area contributed by atoms with E-state index in [1.54, 1.807) is 48.5 Å². The van der Waals surface area contributed by atoms with E-state index in [1.165, 1.54) is 19.3 Å². The number of nitrogens with zero attached hydrogens (tertiary/aromatic N) is 1. The van der Waals surface area contributed by atoms with Gasteiger partial charge in [-0.05, 0) is 49.4 Å². The number of halogens is 2. The zero-order valence-corrected chi connectivity index (χ0v) is 17.8. The van der Waals surface area contributed by atoms with Crippen LogP contribution in [0.25, 0.3) is 22.4 Å². The molecule has 2 aromatic carbocycles. The second-order valence-corrected chi connectivity index (χ2v) is 7.55. The van der Waals surface area contributed by atoms with Gasteiger partial charge in [0.05, 0.1) is 28.1 Å². The number of carbonyl (C=O) groups is 2. The van der Waals surface area contributed by atoms with E-state index >= 15 is 0 Å². The molecular formula is C23H16Cl2N2O4. The van der Waals surface area contributed by atoms with Gasteiger partial charge < -0.3 is 14.5 Å². The fraction of sp³-hybridized carbons (Fsp3) is 0.0870. The molecule has 0 fully saturated rings. The van der Waals surface area contributed by atoms with Crippen LogP contribution in [-0.2, 0) is 9.53 Å². The Labute approximate surface area is 187 Å². The van der Waals surface area contributed by atoms with Crippen molar-refractivity contribution in [2.45, 2.75) is 13.0 Å². The second kappa shape index (κ2) is 8.79. The van der Waals surface area contributed by atoms with E-state index in [1.807, 2.05) is 6.07 Å². The SMILES string of the molecule is C[C@@H](OC(=O)c1cc(-c2ccco2)nc2ccccc12)C(=O)Nc1ccc(Cl)cc1Cl. The summed E-state index contributed by atoms with van der Waals surface area (Å²) in [6.45, 7) is 1.48. The molecule has 31 heavy (non-hydrogen) atoms. The smallest absolute Gasteiger partial charge is 0.339 e. The molecule has 0 bridgehead atoms. The van der Waals surface area contributed by atoms with E-state index in [0.717, 1.165) is 0 Å². The number of para-hydroxylation sites is 1. The number of anilines is 1. The number of rotatable bonds is 5. The Morgan fingerprint density at radius 1 is 1.06 bits per heavy atom. The van der Waals surface area contributed by atoms with Crippen LogP contribution >= 0.6 is 23.2 Å². The lowest BCUT2D eigenvalue weighted by Crippen LogP contribution is -2.30. The Kier molecular flexibility index (Phi) is 5.93. The Hall–Kier alpha value is -3.35. The molecule has 2 aromatic heterocycles. The van der Waals surface area contributed by atoms with E-state index in [0.29, 0.717) is 33.1 Å². The molecule has 6 nitrogen and oxygen atoms in total. The summed E-state index contributed by atoms with van der Waals surface area (Å²) in [5.41, 5.74) is 1.74. The van der Waals surface area contributed by atoms with Crippen LogP contribution in [0, 0.1) is 0 Å². The van der Waals surface area contributed by atoms with Crippen LogP contribution in [0.5, 0.6) is 0 Å². The number of fused-ring (bicyclic) bond motifs is 1. The maximum Gasteiger partial charge on any atom is 0.339 e. The van der Waals surface area contributed by atoms with E-state index in [9.17, 15) is 9.59 Å². The first-order valence-corrected chi connectivity index (χ1v) is 10.1. The fourth-order valence-corrected chi connectivity index (χ4v) is 3.45. The summed E-state index contributed by atoms with van der Waals surface area (Å²) < 4.78 is 10.8. The molecule has 0 spiro atoms. The minimum absolute atomic E-state index is 0.279. The average molecular weight is 455 g/mol. The number of benzene rings is 2. The zero-order chi connectivity index (χ0) is 22.0. The molecule has 0 aliphatic rings. The molecule has 156 valence electrons. The molecule has 1 amide bonds. The Morgan fingerprint density at radius 2 is 1.87 bits per heavy atom. The highest BCUT2D eigenvalue weighted by atomic mass is 35.5. The lowest BCUT2D eigenvalue weighted by molar-refractivity contribution is -0.123. The van der Waals surface area contributed by atoms with Crippen molar-refractivity contribution in [3.8, 4) is 11.5 Å². The number of esters is 1. The maximum absolute atomic E-state index is 13.0. The zero-order valence-electron chi connectivity index (χ0n) is 16.3. The van der Waals surface area contributed by atoms with Gasteiger partial charge in [-0.25, -0.2) is 9.78 Å². The van der Waals surface area contributed by atoms with Crippen LogP contribution in [0.2, 0.25) is 10.0 Å². The minimum Gasteiger partial charge on any atom is -0.463 e. The molecule has 0 aliphatic heterocycles. The highest BCUT2D eigenvalue weighted by Crippen LogP contribution is 2.27. The summed E-state index contributed by atoms with van der Waals surface area (Å²) in [5.74, 6) is -0.665. The summed E-state index contributed by atoms with van der Waals surface area (Å²) in [7, 11) is 0. The number of ether oxygens (including phenoxy) is 1. The molecule has 4 rings (SSSR count). The Balaban J connectivity index is 1.58. The monoisotopic (exact) mass is 454 g/mol. The lowest BCUT2D eigenvalue weighted by Gasteiger charge is -2.15. The van der Waals surface area contributed by atoms with Crippen molar-refractivity contribution in [1.29, 1.82) is 0 Å². The molecule has 1 N–H and O–H groups in total. The Bertz CT molecular complexity index is 1270. The number of amides is 1. The third kappa shape index (κ3) is 4.55. The first kappa shape index (κ1) is 20.9. The van der Waals surface area contributed by atoms with Crippen molar-refractivity contribution >= 4 is 51.7 Å². The molecule has 4 aromatic rings. The summed E-state index contributed by atoms with van der Waals surface area (Å²) in [4.78, 5) is 30.0. The van der Waals surface area contributed by atoms with Gasteiger partial charge in [-0.15, -0.1) is 0 Å². The number of aromatic nitrogens is 1. The number of carbonyl (C=O) groups excluding carboxylic acids is 2. The second-order valence-electron chi connectivity index (χ2n) is 6.71. The van der Waals surface area contributed by atoms with Crippen molar-refractivity contribution in [2.24, 2.45) is 0 Å². The average Bonchev–Trinajstić information content (AvgIpc) is 3.29. The predicted molar refractivity (Wildman–Crippen MR) is 119 cm³/mol. The van der Waals surface area contributed by atoms with Gasteiger partial charge in [0.15, 0.2) is 11.9 Å². The molecular weight excluding hydrogens is 439 g/mol. The van der Waals surface area contributed by atoms with Crippen molar-refractivity contribution in [3.63, 3.8) is 0 Å².